The van der Waals surface area contributed by atoms with Gasteiger partial charge in [0.05, 0.1) is 24.2 Å². The number of carbonyl (C=O) groups excluding carboxylic acids is 2. The van der Waals surface area contributed by atoms with Crippen molar-refractivity contribution in [1.82, 2.24) is 15.2 Å². The number of likely N-dealkylation sites (tertiary alicyclic amines) is 1. The molecule has 1 N–H and O–H groups in total. The van der Waals surface area contributed by atoms with E-state index in [0.717, 1.165) is 10.5 Å². The van der Waals surface area contributed by atoms with Crippen LogP contribution >= 0.6 is 0 Å². The van der Waals surface area contributed by atoms with E-state index < -0.39 is 30.3 Å². The molecular weight excluding hydrogens is 352 g/mol. The first-order valence-corrected chi connectivity index (χ1v) is 9.02. The van der Waals surface area contributed by atoms with Crippen molar-refractivity contribution in [2.45, 2.75) is 45.1 Å². The van der Waals surface area contributed by atoms with Crippen LogP contribution in [0.5, 0.6) is 0 Å². The average Bonchev–Trinajstić information content (AvgIpc) is 2.90. The van der Waals surface area contributed by atoms with Gasteiger partial charge in [0.1, 0.15) is 0 Å². The second kappa shape index (κ2) is 7.21. The number of rotatable bonds is 4. The number of benzene rings is 1. The molecular formula is C20H23F2N3O2. The summed E-state index contributed by atoms with van der Waals surface area (Å²) in [4.78, 5) is 30.2. The molecule has 1 aromatic heterocycles. The molecule has 1 atom stereocenters. The molecule has 144 valence electrons. The van der Waals surface area contributed by atoms with Crippen molar-refractivity contribution in [2.24, 2.45) is 0 Å². The lowest BCUT2D eigenvalue weighted by atomic mass is 9.99. The Bertz CT molecular complexity index is 883. The lowest BCUT2D eigenvalue weighted by Gasteiger charge is -2.21. The number of halogens is 2. The quantitative estimate of drug-likeness (QED) is 0.892. The van der Waals surface area contributed by atoms with Crippen molar-refractivity contribution in [3.63, 3.8) is 0 Å². The van der Waals surface area contributed by atoms with Crippen LogP contribution in [0.3, 0.4) is 0 Å². The van der Waals surface area contributed by atoms with Crippen LogP contribution in [-0.4, -0.2) is 46.8 Å². The van der Waals surface area contributed by atoms with Crippen molar-refractivity contribution in [1.29, 1.82) is 0 Å². The minimum atomic E-state index is -2.87. The molecule has 1 aliphatic heterocycles. The Labute approximate surface area is 156 Å². The minimum Gasteiger partial charge on any atom is -0.343 e. The van der Waals surface area contributed by atoms with Gasteiger partial charge in [-0.25, -0.2) is 8.78 Å². The molecule has 2 aromatic rings. The van der Waals surface area contributed by atoms with E-state index in [-0.39, 0.29) is 13.0 Å². The van der Waals surface area contributed by atoms with E-state index in [9.17, 15) is 18.4 Å². The smallest absolute Gasteiger partial charge is 0.267 e. The minimum absolute atomic E-state index is 0.312. The zero-order valence-electron chi connectivity index (χ0n) is 15.6. The van der Waals surface area contributed by atoms with E-state index in [1.165, 1.54) is 0 Å². The lowest BCUT2D eigenvalue weighted by Crippen LogP contribution is -2.42. The van der Waals surface area contributed by atoms with Gasteiger partial charge in [0.2, 0.25) is 5.91 Å². The second-order valence-electron chi connectivity index (χ2n) is 7.40. The first kappa shape index (κ1) is 19.2. The fraction of sp³-hybridized carbons (Fsp3) is 0.450. The van der Waals surface area contributed by atoms with E-state index in [1.807, 2.05) is 18.2 Å². The van der Waals surface area contributed by atoms with E-state index >= 15 is 0 Å². The molecule has 3 rings (SSSR count). The summed E-state index contributed by atoms with van der Waals surface area (Å²) in [7, 11) is 0. The Kier molecular flexibility index (Phi) is 5.13. The van der Waals surface area contributed by atoms with Crippen molar-refractivity contribution < 1.29 is 18.4 Å². The third kappa shape index (κ3) is 4.07. The Morgan fingerprint density at radius 3 is 2.70 bits per heavy atom. The van der Waals surface area contributed by atoms with Gasteiger partial charge in [-0.2, -0.15) is 0 Å². The van der Waals surface area contributed by atoms with Gasteiger partial charge in [-0.3, -0.25) is 14.6 Å². The van der Waals surface area contributed by atoms with E-state index in [0.29, 0.717) is 22.4 Å². The van der Waals surface area contributed by atoms with Crippen LogP contribution in [0.4, 0.5) is 8.78 Å². The molecule has 0 radical (unpaired) electrons. The number of nitrogens with one attached hydrogen (secondary N) is 1. The highest BCUT2D eigenvalue weighted by atomic mass is 19.3. The highest BCUT2D eigenvalue weighted by Gasteiger charge is 2.44. The maximum absolute atomic E-state index is 13.4. The molecule has 0 aliphatic carbocycles. The molecule has 7 heteroatoms. The molecule has 1 saturated heterocycles. The second-order valence-corrected chi connectivity index (χ2v) is 7.40. The van der Waals surface area contributed by atoms with E-state index in [2.05, 4.69) is 24.1 Å². The summed E-state index contributed by atoms with van der Waals surface area (Å²) >= 11 is 0. The van der Waals surface area contributed by atoms with Crippen LogP contribution in [-0.2, 0) is 4.79 Å². The molecule has 0 saturated carbocycles. The standard InChI is InChI=1S/C20H23F2N3O2/c1-12(2)14-4-5-15-16(6-7-23-17(15)8-14)19(27)24-10-18(26)25-11-20(21,22)9-13(25)3/h4-8,12-13H,9-11H2,1-3H3,(H,24,27)/t13-/m1/s1. The molecule has 1 aliphatic rings. The van der Waals surface area contributed by atoms with Crippen LogP contribution in [0.25, 0.3) is 10.9 Å². The largest absolute Gasteiger partial charge is 0.343 e. The van der Waals surface area contributed by atoms with Gasteiger partial charge in [0.15, 0.2) is 0 Å². The van der Waals surface area contributed by atoms with Gasteiger partial charge in [0, 0.05) is 24.0 Å². The number of amides is 2. The van der Waals surface area contributed by atoms with Gasteiger partial charge in [-0.1, -0.05) is 26.0 Å². The maximum atomic E-state index is 13.4. The molecule has 2 amide bonds. The molecule has 0 unspecified atom stereocenters. The van der Waals surface area contributed by atoms with Crippen molar-refractivity contribution in [3.05, 3.63) is 41.6 Å². The molecule has 27 heavy (non-hydrogen) atoms. The third-order valence-corrected chi connectivity index (χ3v) is 4.93. The van der Waals surface area contributed by atoms with Crippen LogP contribution in [0.2, 0.25) is 0 Å². The zero-order chi connectivity index (χ0) is 19.8. The number of pyridine rings is 1. The molecule has 0 spiro atoms. The van der Waals surface area contributed by atoms with Crippen molar-refractivity contribution in [3.8, 4) is 0 Å². The summed E-state index contributed by atoms with van der Waals surface area (Å²) in [6.07, 6.45) is 1.20. The molecule has 1 fully saturated rings. The summed E-state index contributed by atoms with van der Waals surface area (Å²) in [6.45, 7) is 4.83. The fourth-order valence-corrected chi connectivity index (χ4v) is 3.42. The summed E-state index contributed by atoms with van der Waals surface area (Å²) in [5.41, 5.74) is 2.22. The third-order valence-electron chi connectivity index (χ3n) is 4.93. The van der Waals surface area contributed by atoms with Gasteiger partial charge in [-0.05, 0) is 30.5 Å². The SMILES string of the molecule is CC(C)c1ccc2c(C(=O)NCC(=O)N3CC(F)(F)C[C@H]3C)ccnc2c1. The molecule has 0 bridgehead atoms. The van der Waals surface area contributed by atoms with E-state index in [1.54, 1.807) is 19.2 Å². The predicted molar refractivity (Wildman–Crippen MR) is 98.9 cm³/mol. The van der Waals surface area contributed by atoms with Crippen LogP contribution in [0, 0.1) is 0 Å². The molecule has 2 heterocycles. The Morgan fingerprint density at radius 1 is 1.33 bits per heavy atom. The maximum Gasteiger partial charge on any atom is 0.267 e. The first-order chi connectivity index (χ1) is 12.7. The first-order valence-electron chi connectivity index (χ1n) is 9.02. The van der Waals surface area contributed by atoms with Crippen LogP contribution < -0.4 is 5.32 Å². The van der Waals surface area contributed by atoms with Gasteiger partial charge in [-0.15, -0.1) is 0 Å². The van der Waals surface area contributed by atoms with Crippen LogP contribution in [0.15, 0.2) is 30.5 Å². The predicted octanol–water partition coefficient (Wildman–Crippen LogP) is 3.34. The highest BCUT2D eigenvalue weighted by Crippen LogP contribution is 2.31. The van der Waals surface area contributed by atoms with Gasteiger partial charge in [0.25, 0.3) is 11.8 Å². The number of hydrogen-bond donors (Lipinski definition) is 1. The van der Waals surface area contributed by atoms with Gasteiger partial charge < -0.3 is 10.2 Å². The number of nitrogens with zero attached hydrogens (tertiary/aromatic N) is 2. The number of alkyl halides is 2. The van der Waals surface area contributed by atoms with E-state index in [4.69, 9.17) is 0 Å². The Hall–Kier alpha value is -2.57. The monoisotopic (exact) mass is 375 g/mol. The summed E-state index contributed by atoms with van der Waals surface area (Å²) in [5, 5.41) is 3.24. The molecule has 1 aromatic carbocycles. The topological polar surface area (TPSA) is 62.3 Å². The zero-order valence-corrected chi connectivity index (χ0v) is 15.6. The number of carbonyl (C=O) groups is 2. The fourth-order valence-electron chi connectivity index (χ4n) is 3.42. The summed E-state index contributed by atoms with van der Waals surface area (Å²) in [5.74, 6) is -3.46. The molecule has 5 nitrogen and oxygen atoms in total. The normalized spacial score (nSPS) is 18.9. The number of aromatic nitrogens is 1. The van der Waals surface area contributed by atoms with Crippen molar-refractivity contribution >= 4 is 22.7 Å². The average molecular weight is 375 g/mol. The van der Waals surface area contributed by atoms with Crippen molar-refractivity contribution in [2.75, 3.05) is 13.1 Å². The Morgan fingerprint density at radius 2 is 2.07 bits per heavy atom. The number of hydrogen-bond acceptors (Lipinski definition) is 3. The number of fused-ring (bicyclic) bond motifs is 1. The highest BCUT2D eigenvalue weighted by molar-refractivity contribution is 6.06. The van der Waals surface area contributed by atoms with Crippen LogP contribution in [0.1, 0.15) is 49.0 Å². The summed E-state index contributed by atoms with van der Waals surface area (Å²) in [6, 6.07) is 6.78. The summed E-state index contributed by atoms with van der Waals surface area (Å²) < 4.78 is 26.9. The Balaban J connectivity index is 1.72. The van der Waals surface area contributed by atoms with Gasteiger partial charge >= 0.3 is 0 Å². The lowest BCUT2D eigenvalue weighted by molar-refractivity contribution is -0.131.